The molecule has 1 aromatic carbocycles. The molecule has 1 aromatic rings. The van der Waals surface area contributed by atoms with Gasteiger partial charge in [-0.15, -0.1) is 0 Å². The summed E-state index contributed by atoms with van der Waals surface area (Å²) in [7, 11) is 0. The van der Waals surface area contributed by atoms with Crippen molar-refractivity contribution in [1.29, 1.82) is 0 Å². The summed E-state index contributed by atoms with van der Waals surface area (Å²) >= 11 is 0. The van der Waals surface area contributed by atoms with Crippen LogP contribution in [0.4, 0.5) is 20.2 Å². The van der Waals surface area contributed by atoms with Crippen molar-refractivity contribution in [3.8, 4) is 0 Å². The van der Waals surface area contributed by atoms with Crippen molar-refractivity contribution in [3.63, 3.8) is 0 Å². The van der Waals surface area contributed by atoms with Gasteiger partial charge in [0.25, 0.3) is 6.43 Å². The summed E-state index contributed by atoms with van der Waals surface area (Å²) in [5.41, 5.74) is 6.71. The smallest absolute Gasteiger partial charge is 0.265 e. The van der Waals surface area contributed by atoms with Crippen LogP contribution in [0.15, 0.2) is 18.2 Å². The average molecular weight is 254 g/mol. The predicted molar refractivity (Wildman–Crippen MR) is 71.1 cm³/mol. The maximum atomic E-state index is 13.1. The van der Waals surface area contributed by atoms with Gasteiger partial charge in [0.2, 0.25) is 0 Å². The third kappa shape index (κ3) is 2.57. The molecule has 0 amide bonds. The molecule has 4 heteroatoms. The Hall–Kier alpha value is -1.32. The maximum Gasteiger partial charge on any atom is 0.265 e. The van der Waals surface area contributed by atoms with Crippen molar-refractivity contribution in [2.75, 3.05) is 17.2 Å². The van der Waals surface area contributed by atoms with Crippen LogP contribution in [0.5, 0.6) is 0 Å². The van der Waals surface area contributed by atoms with Crippen molar-refractivity contribution < 1.29 is 8.78 Å². The van der Waals surface area contributed by atoms with Crippen LogP contribution in [0.25, 0.3) is 0 Å². The molecule has 2 nitrogen and oxygen atoms in total. The van der Waals surface area contributed by atoms with Gasteiger partial charge in [-0.3, -0.25) is 0 Å². The highest BCUT2D eigenvalue weighted by Crippen LogP contribution is 2.35. The van der Waals surface area contributed by atoms with Crippen LogP contribution in [0.2, 0.25) is 0 Å². The van der Waals surface area contributed by atoms with Crippen LogP contribution in [0.3, 0.4) is 0 Å². The number of nitrogens with two attached hydrogens (primary N) is 1. The summed E-state index contributed by atoms with van der Waals surface area (Å²) in [6.07, 6.45) is 2.11. The number of nitrogen functional groups attached to an aromatic ring is 1. The third-order valence-electron chi connectivity index (χ3n) is 3.70. The largest absolute Gasteiger partial charge is 0.399 e. The molecule has 0 bridgehead atoms. The molecule has 0 atom stereocenters. The molecular formula is C14H20F2N2. The summed E-state index contributed by atoms with van der Waals surface area (Å²) in [4.78, 5) is 2.11. The Labute approximate surface area is 107 Å². The molecule has 0 aliphatic heterocycles. The normalized spacial score (nSPS) is 16.4. The zero-order valence-corrected chi connectivity index (χ0v) is 10.7. The number of rotatable bonds is 4. The van der Waals surface area contributed by atoms with Gasteiger partial charge in [-0.25, -0.2) is 8.78 Å². The number of hydrogen-bond donors (Lipinski definition) is 1. The molecule has 0 heterocycles. The standard InChI is InChI=1S/C14H20F2N2/c1-2-18(11-5-3-4-6-11)13-8-7-10(17)9-12(13)14(15)16/h7-9,11,14H,2-6,17H2,1H3. The first-order valence-corrected chi connectivity index (χ1v) is 6.57. The van der Waals surface area contributed by atoms with E-state index in [2.05, 4.69) is 4.90 Å². The van der Waals surface area contributed by atoms with Crippen molar-refractivity contribution >= 4 is 11.4 Å². The molecular weight excluding hydrogens is 234 g/mol. The quantitative estimate of drug-likeness (QED) is 0.824. The summed E-state index contributed by atoms with van der Waals surface area (Å²) in [5, 5.41) is 0. The fourth-order valence-electron chi connectivity index (χ4n) is 2.85. The van der Waals surface area contributed by atoms with Gasteiger partial charge in [0.15, 0.2) is 0 Å². The lowest BCUT2D eigenvalue weighted by Gasteiger charge is -2.31. The fourth-order valence-corrected chi connectivity index (χ4v) is 2.85. The summed E-state index contributed by atoms with van der Waals surface area (Å²) in [6.45, 7) is 2.78. The van der Waals surface area contributed by atoms with Gasteiger partial charge in [0.05, 0.1) is 0 Å². The minimum Gasteiger partial charge on any atom is -0.399 e. The molecule has 1 aliphatic carbocycles. The van der Waals surface area contributed by atoms with E-state index in [4.69, 9.17) is 5.73 Å². The number of hydrogen-bond acceptors (Lipinski definition) is 2. The van der Waals surface area contributed by atoms with E-state index in [9.17, 15) is 8.78 Å². The fraction of sp³-hybridized carbons (Fsp3) is 0.571. The Balaban J connectivity index is 2.34. The molecule has 18 heavy (non-hydrogen) atoms. The third-order valence-corrected chi connectivity index (χ3v) is 3.70. The van der Waals surface area contributed by atoms with E-state index < -0.39 is 6.43 Å². The van der Waals surface area contributed by atoms with Crippen molar-refractivity contribution in [3.05, 3.63) is 23.8 Å². The monoisotopic (exact) mass is 254 g/mol. The lowest BCUT2D eigenvalue weighted by atomic mass is 10.1. The Morgan fingerprint density at radius 3 is 2.56 bits per heavy atom. The Kier molecular flexibility index (Phi) is 4.04. The van der Waals surface area contributed by atoms with Crippen LogP contribution in [-0.4, -0.2) is 12.6 Å². The molecule has 0 unspecified atom stereocenters. The van der Waals surface area contributed by atoms with Crippen LogP contribution in [0.1, 0.15) is 44.6 Å². The lowest BCUT2D eigenvalue weighted by Crippen LogP contribution is -2.33. The lowest BCUT2D eigenvalue weighted by molar-refractivity contribution is 0.151. The van der Waals surface area contributed by atoms with E-state index >= 15 is 0 Å². The van der Waals surface area contributed by atoms with Crippen molar-refractivity contribution in [2.45, 2.75) is 45.1 Å². The second kappa shape index (κ2) is 5.55. The zero-order chi connectivity index (χ0) is 13.1. The molecule has 0 saturated heterocycles. The number of benzene rings is 1. The highest BCUT2D eigenvalue weighted by Gasteiger charge is 2.25. The Morgan fingerprint density at radius 2 is 2.00 bits per heavy atom. The number of halogens is 2. The van der Waals surface area contributed by atoms with Gasteiger partial charge in [-0.1, -0.05) is 12.8 Å². The number of nitrogens with zero attached hydrogens (tertiary/aromatic N) is 1. The van der Waals surface area contributed by atoms with Gasteiger partial charge in [-0.2, -0.15) is 0 Å². The second-order valence-electron chi connectivity index (χ2n) is 4.84. The first kappa shape index (κ1) is 13.1. The zero-order valence-electron chi connectivity index (χ0n) is 10.7. The predicted octanol–water partition coefficient (Wildman–Crippen LogP) is 3.98. The van der Waals surface area contributed by atoms with Crippen molar-refractivity contribution in [2.24, 2.45) is 0 Å². The summed E-state index contributed by atoms with van der Waals surface area (Å²) in [6, 6.07) is 5.24. The van der Waals surface area contributed by atoms with Gasteiger partial charge < -0.3 is 10.6 Å². The highest BCUT2D eigenvalue weighted by molar-refractivity contribution is 5.60. The molecule has 100 valence electrons. The highest BCUT2D eigenvalue weighted by atomic mass is 19.3. The topological polar surface area (TPSA) is 29.3 Å². The van der Waals surface area contributed by atoms with Crippen LogP contribution < -0.4 is 10.6 Å². The van der Waals surface area contributed by atoms with Crippen LogP contribution in [-0.2, 0) is 0 Å². The number of alkyl halides is 2. The number of anilines is 2. The molecule has 2 N–H and O–H groups in total. The van der Waals surface area contributed by atoms with Crippen LogP contribution in [0, 0.1) is 0 Å². The van der Waals surface area contributed by atoms with E-state index in [0.29, 0.717) is 17.4 Å². The van der Waals surface area contributed by atoms with E-state index in [1.807, 2.05) is 6.92 Å². The Bertz CT molecular complexity index is 401. The van der Waals surface area contributed by atoms with E-state index in [0.717, 1.165) is 19.4 Å². The minimum absolute atomic E-state index is 0.0590. The van der Waals surface area contributed by atoms with E-state index in [1.54, 1.807) is 12.1 Å². The molecule has 0 radical (unpaired) electrons. The van der Waals surface area contributed by atoms with Gasteiger partial charge in [0, 0.05) is 29.5 Å². The first-order chi connectivity index (χ1) is 8.63. The average Bonchev–Trinajstić information content (AvgIpc) is 2.85. The molecule has 0 aromatic heterocycles. The molecule has 1 aliphatic rings. The Morgan fingerprint density at radius 1 is 1.33 bits per heavy atom. The first-order valence-electron chi connectivity index (χ1n) is 6.57. The molecule has 0 spiro atoms. The summed E-state index contributed by atoms with van der Waals surface area (Å²) in [5.74, 6) is 0. The van der Waals surface area contributed by atoms with Gasteiger partial charge in [0.1, 0.15) is 0 Å². The van der Waals surface area contributed by atoms with Gasteiger partial charge >= 0.3 is 0 Å². The minimum atomic E-state index is -2.47. The van der Waals surface area contributed by atoms with E-state index in [-0.39, 0.29) is 5.56 Å². The van der Waals surface area contributed by atoms with Crippen molar-refractivity contribution in [1.82, 2.24) is 0 Å². The SMILES string of the molecule is CCN(c1ccc(N)cc1C(F)F)C1CCCC1. The molecule has 1 fully saturated rings. The molecule has 1 saturated carbocycles. The van der Waals surface area contributed by atoms with Crippen LogP contribution >= 0.6 is 0 Å². The molecule has 2 rings (SSSR count). The second-order valence-corrected chi connectivity index (χ2v) is 4.84. The summed E-state index contributed by atoms with van der Waals surface area (Å²) < 4.78 is 26.2. The van der Waals surface area contributed by atoms with Gasteiger partial charge in [-0.05, 0) is 38.0 Å². The maximum absolute atomic E-state index is 13.1. The van der Waals surface area contributed by atoms with E-state index in [1.165, 1.54) is 18.9 Å².